The molecule has 0 aliphatic heterocycles. The first-order valence-electron chi connectivity index (χ1n) is 4.66. The summed E-state index contributed by atoms with van der Waals surface area (Å²) in [4.78, 5) is 11.0. The van der Waals surface area contributed by atoms with Gasteiger partial charge in [-0.15, -0.1) is 0 Å². The van der Waals surface area contributed by atoms with Gasteiger partial charge in [0.05, 0.1) is 6.61 Å². The third-order valence-corrected chi connectivity index (χ3v) is 3.22. The normalized spacial score (nSPS) is 11.4. The maximum atomic E-state index is 11.0. The Labute approximate surface area is 86.9 Å². The van der Waals surface area contributed by atoms with Gasteiger partial charge >= 0.3 is 6.09 Å². The van der Waals surface area contributed by atoms with E-state index in [1.165, 1.54) is 6.20 Å². The monoisotopic (exact) mass is 213 g/mol. The van der Waals surface area contributed by atoms with Gasteiger partial charge in [0.25, 0.3) is 0 Å². The van der Waals surface area contributed by atoms with Gasteiger partial charge in [0.2, 0.25) is 0 Å². The minimum absolute atomic E-state index is 0.402. The van der Waals surface area contributed by atoms with Crippen LogP contribution in [0.2, 0.25) is 25.7 Å². The molecule has 1 amide bonds. The number of nitrogens with one attached hydrogen (secondary N) is 1. The first-order valence-corrected chi connectivity index (χ1v) is 8.37. The molecule has 0 unspecified atom stereocenters. The molecule has 0 aromatic carbocycles. The van der Waals surface area contributed by atoms with Crippen molar-refractivity contribution in [3.8, 4) is 0 Å². The van der Waals surface area contributed by atoms with Crippen LogP contribution in [-0.2, 0) is 4.74 Å². The molecule has 0 spiro atoms. The lowest BCUT2D eigenvalue weighted by Gasteiger charge is -2.14. The van der Waals surface area contributed by atoms with Gasteiger partial charge < -0.3 is 4.74 Å². The summed E-state index contributed by atoms with van der Waals surface area (Å²) in [6, 6.07) is 0.992. The Balaban J connectivity index is 3.55. The molecule has 0 bridgehead atoms. The lowest BCUT2D eigenvalue weighted by molar-refractivity contribution is 0.156. The molecule has 0 aromatic rings. The van der Waals surface area contributed by atoms with Gasteiger partial charge in [-0.2, -0.15) is 0 Å². The van der Waals surface area contributed by atoms with Gasteiger partial charge in [-0.3, -0.25) is 5.32 Å². The molecule has 0 rings (SSSR count). The maximum absolute atomic E-state index is 11.0. The molecule has 0 aromatic heterocycles. The molecule has 0 aliphatic carbocycles. The third kappa shape index (κ3) is 9.06. The Morgan fingerprint density at radius 1 is 1.50 bits per heavy atom. The summed E-state index contributed by atoms with van der Waals surface area (Å²) >= 11 is 0. The fourth-order valence-electron chi connectivity index (χ4n) is 0.676. The number of rotatable bonds is 5. The molecule has 1 N–H and O–H groups in total. The molecule has 0 aliphatic rings. The zero-order chi connectivity index (χ0) is 11.0. The minimum Gasteiger partial charge on any atom is -0.450 e. The van der Waals surface area contributed by atoms with Crippen LogP contribution in [0.4, 0.5) is 4.79 Å². The van der Waals surface area contributed by atoms with Crippen molar-refractivity contribution in [3.05, 3.63) is 24.9 Å². The Kier molecular flexibility index (Phi) is 5.95. The highest BCUT2D eigenvalue weighted by Crippen LogP contribution is 2.07. The van der Waals surface area contributed by atoms with Crippen molar-refractivity contribution in [1.29, 1.82) is 0 Å². The molecular formula is C10H19NO2Si. The summed E-state index contributed by atoms with van der Waals surface area (Å²) in [6.45, 7) is 10.7. The Hall–Kier alpha value is -1.03. The van der Waals surface area contributed by atoms with Crippen molar-refractivity contribution >= 4 is 14.2 Å². The van der Waals surface area contributed by atoms with Crippen LogP contribution in [0.3, 0.4) is 0 Å². The third-order valence-electron chi connectivity index (χ3n) is 1.52. The van der Waals surface area contributed by atoms with Gasteiger partial charge in [-0.05, 0) is 12.1 Å². The number of hydrogen-bond donors (Lipinski definition) is 1. The van der Waals surface area contributed by atoms with E-state index < -0.39 is 14.2 Å². The SMILES string of the molecule is C=CC=CNC(=O)OCC[Si](C)(C)C. The van der Waals surface area contributed by atoms with Crippen molar-refractivity contribution in [3.63, 3.8) is 0 Å². The second-order valence-electron chi connectivity index (χ2n) is 4.19. The Bertz CT molecular complexity index is 219. The first kappa shape index (κ1) is 13.0. The van der Waals surface area contributed by atoms with E-state index in [0.29, 0.717) is 6.61 Å². The smallest absolute Gasteiger partial charge is 0.411 e. The van der Waals surface area contributed by atoms with Crippen molar-refractivity contribution in [2.45, 2.75) is 25.7 Å². The number of allylic oxidation sites excluding steroid dienone is 2. The van der Waals surface area contributed by atoms with Crippen LogP contribution in [0.5, 0.6) is 0 Å². The number of carbonyl (C=O) groups excluding carboxylic acids is 1. The van der Waals surface area contributed by atoms with E-state index >= 15 is 0 Å². The van der Waals surface area contributed by atoms with Gasteiger partial charge in [0, 0.05) is 14.3 Å². The van der Waals surface area contributed by atoms with Crippen LogP contribution < -0.4 is 5.32 Å². The largest absolute Gasteiger partial charge is 0.450 e. The van der Waals surface area contributed by atoms with E-state index in [2.05, 4.69) is 31.5 Å². The number of alkyl carbamates (subject to hydrolysis) is 1. The lowest BCUT2D eigenvalue weighted by Crippen LogP contribution is -2.25. The van der Waals surface area contributed by atoms with E-state index in [0.717, 1.165) is 6.04 Å². The van der Waals surface area contributed by atoms with Crippen LogP contribution in [-0.4, -0.2) is 20.8 Å². The zero-order valence-corrected chi connectivity index (χ0v) is 10.2. The molecule has 0 fully saturated rings. The van der Waals surface area contributed by atoms with Crippen LogP contribution in [0.25, 0.3) is 0 Å². The summed E-state index contributed by atoms with van der Waals surface area (Å²) < 4.78 is 4.96. The molecule has 14 heavy (non-hydrogen) atoms. The topological polar surface area (TPSA) is 38.3 Å². The highest BCUT2D eigenvalue weighted by atomic mass is 28.3. The van der Waals surface area contributed by atoms with E-state index in [9.17, 15) is 4.79 Å². The second-order valence-corrected chi connectivity index (χ2v) is 9.81. The number of ether oxygens (including phenoxy) is 1. The van der Waals surface area contributed by atoms with Crippen LogP contribution >= 0.6 is 0 Å². The summed E-state index contributed by atoms with van der Waals surface area (Å²) in [5, 5.41) is 2.47. The molecule has 0 saturated heterocycles. The molecule has 3 nitrogen and oxygen atoms in total. The zero-order valence-electron chi connectivity index (χ0n) is 9.17. The first-order chi connectivity index (χ1) is 6.45. The van der Waals surface area contributed by atoms with Gasteiger partial charge in [-0.1, -0.05) is 32.3 Å². The summed E-state index contributed by atoms with van der Waals surface area (Å²) in [5.41, 5.74) is 0. The maximum Gasteiger partial charge on any atom is 0.411 e. The average molecular weight is 213 g/mol. The molecule has 80 valence electrons. The molecular weight excluding hydrogens is 194 g/mol. The highest BCUT2D eigenvalue weighted by Gasteiger charge is 2.13. The van der Waals surface area contributed by atoms with Crippen molar-refractivity contribution < 1.29 is 9.53 Å². The average Bonchev–Trinajstić information content (AvgIpc) is 2.02. The van der Waals surface area contributed by atoms with Crippen molar-refractivity contribution in [2.24, 2.45) is 0 Å². The van der Waals surface area contributed by atoms with Gasteiger partial charge in [0.1, 0.15) is 0 Å². The summed E-state index contributed by atoms with van der Waals surface area (Å²) in [6.07, 6.45) is 4.33. The standard InChI is InChI=1S/C10H19NO2Si/c1-5-6-7-11-10(12)13-8-9-14(2,3)4/h5-7H,1,8-9H2,2-4H3,(H,11,12). The predicted octanol–water partition coefficient (Wildman–Crippen LogP) is 2.75. The van der Waals surface area contributed by atoms with Crippen molar-refractivity contribution in [2.75, 3.05) is 6.61 Å². The number of hydrogen-bond acceptors (Lipinski definition) is 2. The Morgan fingerprint density at radius 2 is 2.14 bits per heavy atom. The Morgan fingerprint density at radius 3 is 2.64 bits per heavy atom. The van der Waals surface area contributed by atoms with E-state index in [4.69, 9.17) is 4.74 Å². The molecule has 0 heterocycles. The molecule has 0 atom stereocenters. The molecule has 0 radical (unpaired) electrons. The van der Waals surface area contributed by atoms with Gasteiger partial charge in [0.15, 0.2) is 0 Å². The second kappa shape index (κ2) is 6.43. The quantitative estimate of drug-likeness (QED) is 0.563. The van der Waals surface area contributed by atoms with Gasteiger partial charge in [-0.25, -0.2) is 4.79 Å². The van der Waals surface area contributed by atoms with Crippen molar-refractivity contribution in [1.82, 2.24) is 5.32 Å². The van der Waals surface area contributed by atoms with E-state index in [1.54, 1.807) is 12.2 Å². The summed E-state index contributed by atoms with van der Waals surface area (Å²) in [7, 11) is -1.10. The van der Waals surface area contributed by atoms with E-state index in [-0.39, 0.29) is 0 Å². The molecule has 4 heteroatoms. The molecule has 0 saturated carbocycles. The fourth-order valence-corrected chi connectivity index (χ4v) is 1.39. The van der Waals surface area contributed by atoms with Crippen LogP contribution in [0, 0.1) is 0 Å². The summed E-state index contributed by atoms with van der Waals surface area (Å²) in [5.74, 6) is 0. The number of carbonyl (C=O) groups is 1. The predicted molar refractivity (Wildman–Crippen MR) is 62.0 cm³/mol. The minimum atomic E-state index is -1.10. The highest BCUT2D eigenvalue weighted by molar-refractivity contribution is 6.76. The van der Waals surface area contributed by atoms with E-state index in [1.807, 2.05) is 0 Å². The lowest BCUT2D eigenvalue weighted by atomic mass is 10.6. The van der Waals surface area contributed by atoms with Crippen LogP contribution in [0.1, 0.15) is 0 Å². The van der Waals surface area contributed by atoms with Crippen LogP contribution in [0.15, 0.2) is 24.9 Å². The fraction of sp³-hybridized carbons (Fsp3) is 0.500. The number of amides is 1.